The van der Waals surface area contributed by atoms with Gasteiger partial charge in [-0.2, -0.15) is 0 Å². The molecule has 1 unspecified atom stereocenters. The van der Waals surface area contributed by atoms with Gasteiger partial charge in [-0.1, -0.05) is 24.3 Å². The number of rotatable bonds is 8. The third-order valence-corrected chi connectivity index (χ3v) is 7.17. The Labute approximate surface area is 171 Å². The van der Waals surface area contributed by atoms with Crippen LogP contribution >= 0.6 is 11.3 Å². The van der Waals surface area contributed by atoms with Crippen LogP contribution in [0, 0.1) is 0 Å². The molecule has 1 heterocycles. The van der Waals surface area contributed by atoms with Gasteiger partial charge in [0, 0.05) is 25.5 Å². The Morgan fingerprint density at radius 3 is 2.54 bits per heavy atom. The second-order valence-corrected chi connectivity index (χ2v) is 9.76. The van der Waals surface area contributed by atoms with E-state index in [1.54, 1.807) is 31.2 Å². The smallest absolute Gasteiger partial charge is 0.242 e. The summed E-state index contributed by atoms with van der Waals surface area (Å²) in [5.74, 6) is 0.511. The Morgan fingerprint density at radius 2 is 1.93 bits per heavy atom. The molecule has 154 valence electrons. The van der Waals surface area contributed by atoms with Crippen molar-refractivity contribution < 1.29 is 13.5 Å². The van der Waals surface area contributed by atoms with E-state index < -0.39 is 15.6 Å². The molecule has 0 aliphatic rings. The summed E-state index contributed by atoms with van der Waals surface area (Å²) in [6.07, 6.45) is 0. The third kappa shape index (κ3) is 5.54. The van der Waals surface area contributed by atoms with Crippen LogP contribution in [0.15, 0.2) is 51.7 Å². The van der Waals surface area contributed by atoms with Crippen LogP contribution in [0.5, 0.6) is 0 Å². The molecule has 0 aliphatic heterocycles. The van der Waals surface area contributed by atoms with Crippen molar-refractivity contribution >= 4 is 27.3 Å². The topological polar surface area (TPSA) is 94.0 Å². The third-order valence-electron chi connectivity index (χ3n) is 4.14. The number of nitrogens with zero attached hydrogens (tertiary/aromatic N) is 2. The number of aliphatic imine (C=N–C) groups is 1. The molecular weight excluding hydrogens is 396 g/mol. The number of nitrogens with one attached hydrogen (secondary N) is 2. The number of thiophene rings is 1. The summed E-state index contributed by atoms with van der Waals surface area (Å²) in [4.78, 5) is 5.61. The summed E-state index contributed by atoms with van der Waals surface area (Å²) in [5, 5.41) is 18.9. The molecule has 7 nitrogen and oxygen atoms in total. The normalized spacial score (nSPS) is 14.7. The van der Waals surface area contributed by atoms with Crippen molar-refractivity contribution in [3.8, 4) is 0 Å². The molecule has 0 aliphatic carbocycles. The zero-order valence-electron chi connectivity index (χ0n) is 16.6. The standard InChI is InChI=1S/C19H28N4O3S2/c1-5-20-18(22-14-19(2,24)17-11-8-12-27-17)21-13-15-9-6-7-10-16(15)28(25,26)23(3)4/h6-12,24H,5,13-14H2,1-4H3,(H2,20,21,22). The summed E-state index contributed by atoms with van der Waals surface area (Å²) in [6.45, 7) is 4.80. The minimum atomic E-state index is -3.55. The van der Waals surface area contributed by atoms with E-state index in [9.17, 15) is 13.5 Å². The molecule has 2 aromatic rings. The van der Waals surface area contributed by atoms with Crippen LogP contribution in [0.4, 0.5) is 0 Å². The predicted octanol–water partition coefficient (Wildman–Crippen LogP) is 1.96. The molecule has 0 amide bonds. The monoisotopic (exact) mass is 424 g/mol. The lowest BCUT2D eigenvalue weighted by atomic mass is 10.1. The Morgan fingerprint density at radius 1 is 1.21 bits per heavy atom. The highest BCUT2D eigenvalue weighted by molar-refractivity contribution is 7.89. The van der Waals surface area contributed by atoms with Crippen LogP contribution in [-0.2, 0) is 22.2 Å². The Hall–Kier alpha value is -1.94. The van der Waals surface area contributed by atoms with Crippen molar-refractivity contribution in [3.63, 3.8) is 0 Å². The van der Waals surface area contributed by atoms with Crippen molar-refractivity contribution in [2.24, 2.45) is 4.99 Å². The van der Waals surface area contributed by atoms with Gasteiger partial charge in [0.1, 0.15) is 5.60 Å². The van der Waals surface area contributed by atoms with Gasteiger partial charge < -0.3 is 15.7 Å². The van der Waals surface area contributed by atoms with Gasteiger partial charge in [0.05, 0.1) is 18.0 Å². The van der Waals surface area contributed by atoms with Crippen molar-refractivity contribution in [1.82, 2.24) is 14.9 Å². The minimum Gasteiger partial charge on any atom is -0.383 e. The van der Waals surface area contributed by atoms with Gasteiger partial charge in [-0.3, -0.25) is 0 Å². The Bertz CT molecular complexity index is 892. The maximum Gasteiger partial charge on any atom is 0.242 e. The molecule has 0 spiro atoms. The van der Waals surface area contributed by atoms with Gasteiger partial charge in [-0.25, -0.2) is 17.7 Å². The first-order valence-electron chi connectivity index (χ1n) is 8.97. The molecule has 1 aromatic carbocycles. The van der Waals surface area contributed by atoms with Gasteiger partial charge in [0.25, 0.3) is 0 Å². The first kappa shape index (κ1) is 22.4. The number of sulfonamides is 1. The van der Waals surface area contributed by atoms with Crippen LogP contribution in [0.2, 0.25) is 0 Å². The number of guanidine groups is 1. The summed E-state index contributed by atoms with van der Waals surface area (Å²) in [5.41, 5.74) is -0.422. The maximum absolute atomic E-state index is 12.5. The largest absolute Gasteiger partial charge is 0.383 e. The van der Waals surface area contributed by atoms with E-state index >= 15 is 0 Å². The van der Waals surface area contributed by atoms with E-state index in [1.165, 1.54) is 29.7 Å². The molecule has 1 aromatic heterocycles. The van der Waals surface area contributed by atoms with E-state index in [-0.39, 0.29) is 18.0 Å². The molecular formula is C19H28N4O3S2. The summed E-state index contributed by atoms with van der Waals surface area (Å²) >= 11 is 1.49. The van der Waals surface area contributed by atoms with Crippen LogP contribution in [-0.4, -0.2) is 51.0 Å². The zero-order chi connectivity index (χ0) is 20.8. The second kappa shape index (κ2) is 9.51. The van der Waals surface area contributed by atoms with Crippen LogP contribution in [0.3, 0.4) is 0 Å². The first-order chi connectivity index (χ1) is 13.2. The van der Waals surface area contributed by atoms with Crippen molar-refractivity contribution in [2.45, 2.75) is 30.9 Å². The zero-order valence-corrected chi connectivity index (χ0v) is 18.3. The quantitative estimate of drug-likeness (QED) is 0.445. The highest BCUT2D eigenvalue weighted by Gasteiger charge is 2.24. The molecule has 1 atom stereocenters. The van der Waals surface area contributed by atoms with Crippen molar-refractivity contribution in [1.29, 1.82) is 0 Å². The lowest BCUT2D eigenvalue weighted by Crippen LogP contribution is -2.44. The van der Waals surface area contributed by atoms with Crippen molar-refractivity contribution in [2.75, 3.05) is 27.2 Å². The lowest BCUT2D eigenvalue weighted by molar-refractivity contribution is 0.0655. The number of hydrogen-bond acceptors (Lipinski definition) is 5. The summed E-state index contributed by atoms with van der Waals surface area (Å²) in [6, 6.07) is 10.6. The van der Waals surface area contributed by atoms with E-state index in [0.29, 0.717) is 18.1 Å². The number of benzene rings is 1. The van der Waals surface area contributed by atoms with E-state index in [4.69, 9.17) is 0 Å². The van der Waals surface area contributed by atoms with Crippen molar-refractivity contribution in [3.05, 3.63) is 52.2 Å². The fourth-order valence-corrected chi connectivity index (χ4v) is 4.41. The Kier molecular flexibility index (Phi) is 7.59. The fourth-order valence-electron chi connectivity index (χ4n) is 2.52. The highest BCUT2D eigenvalue weighted by Crippen LogP contribution is 2.24. The Balaban J connectivity index is 2.18. The molecule has 3 N–H and O–H groups in total. The average Bonchev–Trinajstić information content (AvgIpc) is 3.20. The van der Waals surface area contributed by atoms with Crippen LogP contribution in [0.25, 0.3) is 0 Å². The molecule has 9 heteroatoms. The van der Waals surface area contributed by atoms with Gasteiger partial charge in [-0.05, 0) is 36.9 Å². The van der Waals surface area contributed by atoms with E-state index in [0.717, 1.165) is 4.88 Å². The van der Waals surface area contributed by atoms with Gasteiger partial charge >= 0.3 is 0 Å². The molecule has 0 saturated carbocycles. The molecule has 0 fully saturated rings. The molecule has 0 bridgehead atoms. The van der Waals surface area contributed by atoms with Gasteiger partial charge in [-0.15, -0.1) is 11.3 Å². The molecule has 28 heavy (non-hydrogen) atoms. The molecule has 0 radical (unpaired) electrons. The lowest BCUT2D eigenvalue weighted by Gasteiger charge is -2.23. The van der Waals surface area contributed by atoms with Gasteiger partial charge in [0.15, 0.2) is 5.96 Å². The average molecular weight is 425 g/mol. The minimum absolute atomic E-state index is 0.194. The highest BCUT2D eigenvalue weighted by atomic mass is 32.2. The number of aliphatic hydroxyl groups is 1. The van der Waals surface area contributed by atoms with E-state index in [1.807, 2.05) is 24.4 Å². The predicted molar refractivity (Wildman–Crippen MR) is 114 cm³/mol. The van der Waals surface area contributed by atoms with Crippen LogP contribution < -0.4 is 10.6 Å². The SMILES string of the molecule is CCNC(=NCc1ccccc1S(=O)(=O)N(C)C)NCC(C)(O)c1cccs1. The van der Waals surface area contributed by atoms with Gasteiger partial charge in [0.2, 0.25) is 10.0 Å². The first-order valence-corrected chi connectivity index (χ1v) is 11.3. The summed E-state index contributed by atoms with van der Waals surface area (Å²) in [7, 11) is -0.533. The van der Waals surface area contributed by atoms with E-state index in [2.05, 4.69) is 15.6 Å². The second-order valence-electron chi connectivity index (χ2n) is 6.70. The van der Waals surface area contributed by atoms with Crippen LogP contribution in [0.1, 0.15) is 24.3 Å². The fraction of sp³-hybridized carbons (Fsp3) is 0.421. The molecule has 2 rings (SSSR count). The maximum atomic E-state index is 12.5. The summed E-state index contributed by atoms with van der Waals surface area (Å²) < 4.78 is 26.2. The number of hydrogen-bond donors (Lipinski definition) is 3. The molecule has 0 saturated heterocycles.